The zero-order valence-electron chi connectivity index (χ0n) is 6.90. The first kappa shape index (κ1) is 11.1. The molecule has 1 unspecified atom stereocenters. The SMILES string of the molecule is C=COP(O)OO[Si](C)(C)C. The van der Waals surface area contributed by atoms with Crippen LogP contribution in [0.1, 0.15) is 0 Å². The van der Waals surface area contributed by atoms with Gasteiger partial charge in [0.2, 0.25) is 8.32 Å². The molecule has 0 saturated carbocycles. The van der Waals surface area contributed by atoms with Crippen LogP contribution < -0.4 is 0 Å². The molecule has 0 radical (unpaired) electrons. The van der Waals surface area contributed by atoms with Gasteiger partial charge >= 0.3 is 8.60 Å². The minimum Gasteiger partial charge on any atom is -0.434 e. The lowest BCUT2D eigenvalue weighted by atomic mass is 11.2. The highest BCUT2D eigenvalue weighted by molar-refractivity contribution is 7.40. The van der Waals surface area contributed by atoms with Gasteiger partial charge in [-0.3, -0.25) is 4.58 Å². The lowest BCUT2D eigenvalue weighted by Crippen LogP contribution is -2.24. The fourth-order valence-corrected chi connectivity index (χ4v) is 1.54. The standard InChI is InChI=1S/C5H13O4PSi/c1-5-7-10(6)8-9-11(2,3)4/h5-6H,1H2,2-4H3. The molecule has 66 valence electrons. The van der Waals surface area contributed by atoms with Crippen molar-refractivity contribution in [2.24, 2.45) is 0 Å². The summed E-state index contributed by atoms with van der Waals surface area (Å²) in [6.45, 7) is 9.06. The normalized spacial score (nSPS) is 14.2. The molecule has 1 atom stereocenters. The summed E-state index contributed by atoms with van der Waals surface area (Å²) in [5.74, 6) is 0. The minimum atomic E-state index is -1.95. The van der Waals surface area contributed by atoms with E-state index in [2.05, 4.69) is 15.8 Å². The molecule has 0 bridgehead atoms. The summed E-state index contributed by atoms with van der Waals surface area (Å²) in [5, 5.41) is 0. The van der Waals surface area contributed by atoms with Gasteiger partial charge in [-0.2, -0.15) is 4.67 Å². The average molecular weight is 196 g/mol. The fraction of sp³-hybridized carbons (Fsp3) is 0.600. The van der Waals surface area contributed by atoms with Crippen LogP contribution in [0.25, 0.3) is 0 Å². The second-order valence-corrected chi connectivity index (χ2v) is 8.01. The monoisotopic (exact) mass is 196 g/mol. The van der Waals surface area contributed by atoms with Gasteiger partial charge in [0.25, 0.3) is 0 Å². The minimum absolute atomic E-state index is 1.11. The summed E-state index contributed by atoms with van der Waals surface area (Å²) < 4.78 is 13.9. The molecule has 11 heavy (non-hydrogen) atoms. The Bertz CT molecular complexity index is 124. The van der Waals surface area contributed by atoms with Crippen molar-refractivity contribution in [2.75, 3.05) is 0 Å². The highest BCUT2D eigenvalue weighted by Gasteiger charge is 2.19. The smallest absolute Gasteiger partial charge is 0.422 e. The van der Waals surface area contributed by atoms with Gasteiger partial charge in [0, 0.05) is 0 Å². The Morgan fingerprint density at radius 3 is 2.36 bits per heavy atom. The molecule has 0 spiro atoms. The van der Waals surface area contributed by atoms with Crippen molar-refractivity contribution in [1.82, 2.24) is 0 Å². The van der Waals surface area contributed by atoms with Crippen LogP contribution in [0.2, 0.25) is 19.6 Å². The Balaban J connectivity index is 3.45. The molecule has 1 N–H and O–H groups in total. The van der Waals surface area contributed by atoms with Crippen molar-refractivity contribution in [3.63, 3.8) is 0 Å². The van der Waals surface area contributed by atoms with Crippen LogP contribution in [-0.4, -0.2) is 13.2 Å². The largest absolute Gasteiger partial charge is 0.434 e. The highest BCUT2D eigenvalue weighted by atomic mass is 31.2. The summed E-state index contributed by atoms with van der Waals surface area (Å²) >= 11 is 0. The van der Waals surface area contributed by atoms with Crippen molar-refractivity contribution in [3.8, 4) is 0 Å². The van der Waals surface area contributed by atoms with Crippen LogP contribution in [0.5, 0.6) is 0 Å². The highest BCUT2D eigenvalue weighted by Crippen LogP contribution is 2.34. The van der Waals surface area contributed by atoms with Crippen molar-refractivity contribution >= 4 is 16.9 Å². The molecular weight excluding hydrogens is 183 g/mol. The third kappa shape index (κ3) is 7.97. The molecule has 0 aromatic heterocycles. The first-order valence-electron chi connectivity index (χ1n) is 3.08. The van der Waals surface area contributed by atoms with Crippen LogP contribution in [0.3, 0.4) is 0 Å². The predicted octanol–water partition coefficient (Wildman–Crippen LogP) is 2.15. The second-order valence-electron chi connectivity index (χ2n) is 2.78. The summed E-state index contributed by atoms with van der Waals surface area (Å²) in [6.07, 6.45) is 1.11. The Hall–Kier alpha value is 0.0669. The van der Waals surface area contributed by atoms with Crippen LogP contribution in [0.15, 0.2) is 12.8 Å². The van der Waals surface area contributed by atoms with Crippen molar-refractivity contribution < 1.29 is 18.7 Å². The number of hydrogen-bond donors (Lipinski definition) is 1. The van der Waals surface area contributed by atoms with Gasteiger partial charge in [0.15, 0.2) is 0 Å². The predicted molar refractivity (Wildman–Crippen MR) is 45.9 cm³/mol. The molecule has 4 nitrogen and oxygen atoms in total. The van der Waals surface area contributed by atoms with E-state index in [-0.39, 0.29) is 0 Å². The molecule has 0 aliphatic rings. The lowest BCUT2D eigenvalue weighted by Gasteiger charge is -2.16. The second kappa shape index (κ2) is 4.85. The summed E-state index contributed by atoms with van der Waals surface area (Å²) in [4.78, 5) is 8.86. The maximum atomic E-state index is 8.86. The molecule has 0 saturated heterocycles. The molecule has 0 fully saturated rings. The molecule has 0 amide bonds. The van der Waals surface area contributed by atoms with Gasteiger partial charge in [-0.15, -0.1) is 0 Å². The molecule has 0 aromatic rings. The topological polar surface area (TPSA) is 47.9 Å². The Morgan fingerprint density at radius 1 is 1.45 bits per heavy atom. The van der Waals surface area contributed by atoms with Gasteiger partial charge in [0.05, 0.1) is 6.26 Å². The van der Waals surface area contributed by atoms with Gasteiger partial charge in [-0.1, -0.05) is 6.58 Å². The molecular formula is C5H13O4PSi. The first-order valence-corrected chi connectivity index (χ1v) is 7.62. The van der Waals surface area contributed by atoms with E-state index in [9.17, 15) is 0 Å². The van der Waals surface area contributed by atoms with Gasteiger partial charge in [0.1, 0.15) is 0 Å². The van der Waals surface area contributed by atoms with E-state index >= 15 is 0 Å². The summed E-state index contributed by atoms with van der Waals surface area (Å²) in [7, 11) is -3.68. The summed E-state index contributed by atoms with van der Waals surface area (Å²) in [6, 6.07) is 0. The first-order chi connectivity index (χ1) is 4.95. The molecule has 0 aromatic carbocycles. The van der Waals surface area contributed by atoms with E-state index in [0.29, 0.717) is 0 Å². The molecule has 0 rings (SSSR count). The van der Waals surface area contributed by atoms with Crippen LogP contribution in [-0.2, 0) is 13.8 Å². The quantitative estimate of drug-likeness (QED) is 0.240. The number of rotatable bonds is 5. The van der Waals surface area contributed by atoms with Crippen LogP contribution >= 0.6 is 8.60 Å². The van der Waals surface area contributed by atoms with E-state index < -0.39 is 16.9 Å². The van der Waals surface area contributed by atoms with Crippen molar-refractivity contribution in [1.29, 1.82) is 0 Å². The Labute approximate surface area is 68.8 Å². The Morgan fingerprint density at radius 2 is 2.00 bits per heavy atom. The van der Waals surface area contributed by atoms with Crippen LogP contribution in [0.4, 0.5) is 0 Å². The van der Waals surface area contributed by atoms with E-state index in [1.54, 1.807) is 0 Å². The van der Waals surface area contributed by atoms with Gasteiger partial charge in [-0.05, 0) is 19.6 Å². The van der Waals surface area contributed by atoms with Crippen LogP contribution in [0, 0.1) is 0 Å². The third-order valence-electron chi connectivity index (χ3n) is 0.516. The zero-order chi connectivity index (χ0) is 8.91. The number of hydrogen-bond acceptors (Lipinski definition) is 4. The van der Waals surface area contributed by atoms with Gasteiger partial charge < -0.3 is 9.42 Å². The third-order valence-corrected chi connectivity index (χ3v) is 1.77. The lowest BCUT2D eigenvalue weighted by molar-refractivity contribution is -0.121. The summed E-state index contributed by atoms with van der Waals surface area (Å²) in [5.41, 5.74) is 0. The van der Waals surface area contributed by atoms with E-state index in [0.717, 1.165) is 6.26 Å². The van der Waals surface area contributed by atoms with Crippen molar-refractivity contribution in [2.45, 2.75) is 19.6 Å². The average Bonchev–Trinajstić information content (AvgIpc) is 1.83. The molecule has 6 heteroatoms. The maximum Gasteiger partial charge on any atom is 0.422 e. The molecule has 0 heterocycles. The molecule has 0 aliphatic heterocycles. The van der Waals surface area contributed by atoms with Gasteiger partial charge in [-0.25, -0.2) is 0 Å². The fourth-order valence-electron chi connectivity index (χ4n) is 0.225. The zero-order valence-corrected chi connectivity index (χ0v) is 8.80. The molecule has 0 aliphatic carbocycles. The van der Waals surface area contributed by atoms with Crippen molar-refractivity contribution in [3.05, 3.63) is 12.8 Å². The van der Waals surface area contributed by atoms with E-state index in [4.69, 9.17) is 9.47 Å². The van der Waals surface area contributed by atoms with E-state index in [1.807, 2.05) is 19.6 Å². The Kier molecular flexibility index (Phi) is 4.88. The van der Waals surface area contributed by atoms with E-state index in [1.165, 1.54) is 0 Å². The maximum absolute atomic E-state index is 8.86.